The van der Waals surface area contributed by atoms with E-state index in [0.717, 1.165) is 0 Å². The Balaban J connectivity index is 4.94. The summed E-state index contributed by atoms with van der Waals surface area (Å²) in [4.78, 5) is 23.5. The van der Waals surface area contributed by atoms with E-state index in [4.69, 9.17) is 9.47 Å². The number of aliphatic hydroxyl groups excluding tert-OH is 1. The van der Waals surface area contributed by atoms with Gasteiger partial charge >= 0.3 is 11.9 Å². The molecule has 106 valence electrons. The highest BCUT2D eigenvalue weighted by atomic mass is 16.6. The highest BCUT2D eigenvalue weighted by molar-refractivity contribution is 5.95. The van der Waals surface area contributed by atoms with Crippen molar-refractivity contribution in [2.75, 3.05) is 13.2 Å². The first-order valence-electron chi connectivity index (χ1n) is 6.54. The Hall–Kier alpha value is -1.10. The summed E-state index contributed by atoms with van der Waals surface area (Å²) in [5.41, 5.74) is 0. The van der Waals surface area contributed by atoms with E-state index in [1.807, 2.05) is 13.8 Å². The van der Waals surface area contributed by atoms with Gasteiger partial charge in [0.1, 0.15) is 0 Å². The summed E-state index contributed by atoms with van der Waals surface area (Å²) in [7, 11) is 0. The Morgan fingerprint density at radius 1 is 0.944 bits per heavy atom. The van der Waals surface area contributed by atoms with E-state index in [1.165, 1.54) is 0 Å². The van der Waals surface area contributed by atoms with Gasteiger partial charge in [-0.2, -0.15) is 0 Å². The number of ether oxygens (including phenoxy) is 2. The molecule has 0 aromatic carbocycles. The molecule has 0 bridgehead atoms. The van der Waals surface area contributed by atoms with E-state index in [0.29, 0.717) is 12.8 Å². The highest BCUT2D eigenvalue weighted by Crippen LogP contribution is 2.22. The minimum absolute atomic E-state index is 0.121. The number of carbonyl (C=O) groups is 2. The van der Waals surface area contributed by atoms with Crippen molar-refractivity contribution in [3.05, 3.63) is 0 Å². The standard InChI is InChI=1S/C13H24O5/c1-5-9(6-2)11(14)10(12(15)17-7-3)13(16)18-8-4/h9-11,14H,5-8H2,1-4H3. The number of carbonyl (C=O) groups excluding carboxylic acids is 2. The molecular weight excluding hydrogens is 236 g/mol. The summed E-state index contributed by atoms with van der Waals surface area (Å²) in [5.74, 6) is -2.79. The average Bonchev–Trinajstić information content (AvgIpc) is 2.31. The van der Waals surface area contributed by atoms with Crippen LogP contribution >= 0.6 is 0 Å². The van der Waals surface area contributed by atoms with Crippen LogP contribution in [0.3, 0.4) is 0 Å². The predicted octanol–water partition coefficient (Wildman–Crippen LogP) is 1.53. The summed E-state index contributed by atoms with van der Waals surface area (Å²) < 4.78 is 9.66. The lowest BCUT2D eigenvalue weighted by Gasteiger charge is -2.25. The van der Waals surface area contributed by atoms with Crippen LogP contribution in [0.1, 0.15) is 40.5 Å². The van der Waals surface area contributed by atoms with Crippen LogP contribution in [0.25, 0.3) is 0 Å². The first-order valence-corrected chi connectivity index (χ1v) is 6.54. The lowest BCUT2D eigenvalue weighted by atomic mass is 9.87. The van der Waals surface area contributed by atoms with Crippen molar-refractivity contribution in [2.45, 2.75) is 46.6 Å². The fourth-order valence-electron chi connectivity index (χ4n) is 1.88. The fourth-order valence-corrected chi connectivity index (χ4v) is 1.88. The predicted molar refractivity (Wildman–Crippen MR) is 66.8 cm³/mol. The van der Waals surface area contributed by atoms with E-state index in [1.54, 1.807) is 13.8 Å². The second-order valence-corrected chi connectivity index (χ2v) is 4.05. The van der Waals surface area contributed by atoms with E-state index >= 15 is 0 Å². The molecule has 5 nitrogen and oxygen atoms in total. The Labute approximate surface area is 108 Å². The van der Waals surface area contributed by atoms with Crippen LogP contribution in [0.2, 0.25) is 0 Å². The van der Waals surface area contributed by atoms with E-state index in [2.05, 4.69) is 0 Å². The number of aliphatic hydroxyl groups is 1. The molecule has 0 aromatic heterocycles. The molecule has 0 amide bonds. The second kappa shape index (κ2) is 8.91. The second-order valence-electron chi connectivity index (χ2n) is 4.05. The Kier molecular flexibility index (Phi) is 8.37. The molecule has 0 saturated heterocycles. The molecule has 0 aromatic rings. The molecular formula is C13H24O5. The lowest BCUT2D eigenvalue weighted by Crippen LogP contribution is -2.41. The van der Waals surface area contributed by atoms with Crippen LogP contribution in [0, 0.1) is 11.8 Å². The van der Waals surface area contributed by atoms with E-state index in [-0.39, 0.29) is 19.1 Å². The first-order chi connectivity index (χ1) is 8.53. The maximum atomic E-state index is 11.8. The van der Waals surface area contributed by atoms with Gasteiger partial charge in [0.2, 0.25) is 0 Å². The molecule has 0 radical (unpaired) electrons. The minimum Gasteiger partial charge on any atom is -0.465 e. The highest BCUT2D eigenvalue weighted by Gasteiger charge is 2.39. The third-order valence-electron chi connectivity index (χ3n) is 2.95. The summed E-state index contributed by atoms with van der Waals surface area (Å²) >= 11 is 0. The molecule has 1 N–H and O–H groups in total. The molecule has 0 heterocycles. The minimum atomic E-state index is -1.24. The van der Waals surface area contributed by atoms with Crippen LogP contribution in [0.15, 0.2) is 0 Å². The topological polar surface area (TPSA) is 72.8 Å². The Bertz CT molecular complexity index is 242. The summed E-state index contributed by atoms with van der Waals surface area (Å²) in [6.07, 6.45) is 0.318. The van der Waals surface area contributed by atoms with Gasteiger partial charge in [-0.25, -0.2) is 0 Å². The maximum Gasteiger partial charge on any atom is 0.323 e. The van der Waals surface area contributed by atoms with Gasteiger partial charge in [0.05, 0.1) is 19.3 Å². The van der Waals surface area contributed by atoms with Gasteiger partial charge in [-0.3, -0.25) is 9.59 Å². The average molecular weight is 260 g/mol. The van der Waals surface area contributed by atoms with Crippen molar-refractivity contribution < 1.29 is 24.2 Å². The van der Waals surface area contributed by atoms with Gasteiger partial charge in [-0.15, -0.1) is 0 Å². The summed E-state index contributed by atoms with van der Waals surface area (Å²) in [6.45, 7) is 7.47. The summed E-state index contributed by atoms with van der Waals surface area (Å²) in [5, 5.41) is 10.2. The molecule has 1 atom stereocenters. The van der Waals surface area contributed by atoms with E-state index in [9.17, 15) is 14.7 Å². The number of hydrogen-bond donors (Lipinski definition) is 1. The SMILES string of the molecule is CCOC(=O)C(C(=O)OCC)C(O)C(CC)CC. The third-order valence-corrected chi connectivity index (χ3v) is 2.95. The zero-order chi connectivity index (χ0) is 14.1. The van der Waals surface area contributed by atoms with Gasteiger partial charge in [0, 0.05) is 0 Å². The molecule has 18 heavy (non-hydrogen) atoms. The number of rotatable bonds is 8. The quantitative estimate of drug-likeness (QED) is 0.529. The molecule has 1 unspecified atom stereocenters. The molecule has 5 heteroatoms. The maximum absolute atomic E-state index is 11.8. The largest absolute Gasteiger partial charge is 0.465 e. The molecule has 0 aliphatic heterocycles. The monoisotopic (exact) mass is 260 g/mol. The van der Waals surface area contributed by atoms with Crippen molar-refractivity contribution in [1.29, 1.82) is 0 Å². The lowest BCUT2D eigenvalue weighted by molar-refractivity contribution is -0.169. The summed E-state index contributed by atoms with van der Waals surface area (Å²) in [6, 6.07) is 0. The molecule has 0 aliphatic rings. The van der Waals surface area contributed by atoms with Crippen molar-refractivity contribution in [1.82, 2.24) is 0 Å². The van der Waals surface area contributed by atoms with Crippen LogP contribution in [0.4, 0.5) is 0 Å². The number of esters is 2. The molecule has 0 rings (SSSR count). The van der Waals surface area contributed by atoms with Gasteiger partial charge in [0.15, 0.2) is 5.92 Å². The van der Waals surface area contributed by atoms with Crippen LogP contribution in [-0.4, -0.2) is 36.4 Å². The van der Waals surface area contributed by atoms with Crippen molar-refractivity contribution in [2.24, 2.45) is 11.8 Å². The third kappa shape index (κ3) is 4.64. The molecule has 0 spiro atoms. The molecule has 0 saturated carbocycles. The Morgan fingerprint density at radius 2 is 1.33 bits per heavy atom. The zero-order valence-corrected chi connectivity index (χ0v) is 11.6. The van der Waals surface area contributed by atoms with Crippen LogP contribution in [0.5, 0.6) is 0 Å². The number of hydrogen-bond acceptors (Lipinski definition) is 5. The Morgan fingerprint density at radius 3 is 1.61 bits per heavy atom. The molecule has 0 fully saturated rings. The first kappa shape index (κ1) is 16.9. The normalized spacial score (nSPS) is 12.6. The van der Waals surface area contributed by atoms with Gasteiger partial charge < -0.3 is 14.6 Å². The van der Waals surface area contributed by atoms with Gasteiger partial charge in [-0.05, 0) is 19.8 Å². The van der Waals surface area contributed by atoms with Gasteiger partial charge in [-0.1, -0.05) is 26.7 Å². The van der Waals surface area contributed by atoms with Crippen LogP contribution in [-0.2, 0) is 19.1 Å². The van der Waals surface area contributed by atoms with Crippen molar-refractivity contribution in [3.8, 4) is 0 Å². The van der Waals surface area contributed by atoms with E-state index < -0.39 is 24.0 Å². The fraction of sp³-hybridized carbons (Fsp3) is 0.846. The van der Waals surface area contributed by atoms with Gasteiger partial charge in [0.25, 0.3) is 0 Å². The van der Waals surface area contributed by atoms with Crippen molar-refractivity contribution in [3.63, 3.8) is 0 Å². The smallest absolute Gasteiger partial charge is 0.323 e. The molecule has 0 aliphatic carbocycles. The van der Waals surface area contributed by atoms with Crippen LogP contribution < -0.4 is 0 Å². The van der Waals surface area contributed by atoms with Crippen molar-refractivity contribution >= 4 is 11.9 Å². The zero-order valence-electron chi connectivity index (χ0n) is 11.6.